The average molecular weight is 616 g/mol. The number of hydrogen-bond donors (Lipinski definition) is 8. The van der Waals surface area contributed by atoms with Crippen molar-refractivity contribution in [3.8, 4) is 0 Å². The van der Waals surface area contributed by atoms with Crippen LogP contribution in [-0.4, -0.2) is 76.0 Å². The number of H-pyrrole nitrogens is 2. The van der Waals surface area contributed by atoms with Gasteiger partial charge in [0.25, 0.3) is 0 Å². The predicted molar refractivity (Wildman–Crippen MR) is 171 cm³/mol. The number of para-hydroxylation sites is 2. The first-order valence-corrected chi connectivity index (χ1v) is 15.5. The van der Waals surface area contributed by atoms with Crippen molar-refractivity contribution in [3.63, 3.8) is 0 Å². The second kappa shape index (κ2) is 14.9. The van der Waals surface area contributed by atoms with E-state index in [1.807, 2.05) is 54.7 Å². The maximum absolute atomic E-state index is 13.8. The molecule has 12 heteroatoms. The molecule has 0 spiro atoms. The lowest BCUT2D eigenvalue weighted by Crippen LogP contribution is -2.57. The van der Waals surface area contributed by atoms with Crippen LogP contribution in [0.25, 0.3) is 21.8 Å². The Morgan fingerprint density at radius 3 is 1.96 bits per heavy atom. The van der Waals surface area contributed by atoms with Crippen LogP contribution in [0, 0.1) is 0 Å². The smallest absolute Gasteiger partial charge is 0.326 e. The number of carbonyl (C=O) groups is 4. The zero-order valence-corrected chi connectivity index (χ0v) is 25.1. The third-order valence-corrected chi connectivity index (χ3v) is 8.40. The number of carboxylic acid groups (broad SMARTS) is 1. The molecule has 4 unspecified atom stereocenters. The molecular weight excluding hydrogens is 574 g/mol. The lowest BCUT2D eigenvalue weighted by Gasteiger charge is -2.25. The number of hydrogen-bond acceptors (Lipinski definition) is 6. The summed E-state index contributed by atoms with van der Waals surface area (Å²) >= 11 is 0. The molecule has 9 N–H and O–H groups in total. The third-order valence-electron chi connectivity index (χ3n) is 8.40. The molecular formula is C33H41N7O5. The quantitative estimate of drug-likeness (QED) is 0.0935. The number of rotatable bonds is 15. The molecule has 0 saturated carbocycles. The standard InChI is InChI=1S/C33H41N7O5/c34-14-6-5-12-27(31(42)40-29(33(44)45)17-21-19-37-25-11-4-2-9-23(21)25)38-32(43)28(39-30(41)26-13-7-15-35-26)16-20-18-36-24-10-3-1-8-22(20)24/h1-4,8-11,18-19,26-29,35-37H,5-7,12-17,34H2,(H,38,43)(H,39,41)(H,40,42)(H,44,45). The topological polar surface area (TPSA) is 194 Å². The van der Waals surface area contributed by atoms with Crippen molar-refractivity contribution in [3.05, 3.63) is 72.1 Å². The highest BCUT2D eigenvalue weighted by Gasteiger charge is 2.32. The van der Waals surface area contributed by atoms with Gasteiger partial charge in [-0.3, -0.25) is 14.4 Å². The summed E-state index contributed by atoms with van der Waals surface area (Å²) in [5.74, 6) is -2.60. The van der Waals surface area contributed by atoms with Crippen molar-refractivity contribution < 1.29 is 24.3 Å². The molecule has 1 aliphatic heterocycles. The van der Waals surface area contributed by atoms with E-state index in [2.05, 4.69) is 31.2 Å². The second-order valence-electron chi connectivity index (χ2n) is 11.6. The van der Waals surface area contributed by atoms with Crippen LogP contribution in [0.2, 0.25) is 0 Å². The monoisotopic (exact) mass is 615 g/mol. The lowest BCUT2D eigenvalue weighted by molar-refractivity contribution is -0.142. The summed E-state index contributed by atoms with van der Waals surface area (Å²) < 4.78 is 0. The van der Waals surface area contributed by atoms with Gasteiger partial charge in [0, 0.05) is 47.0 Å². The first kappa shape index (κ1) is 31.7. The van der Waals surface area contributed by atoms with E-state index in [0.29, 0.717) is 25.8 Å². The van der Waals surface area contributed by atoms with Gasteiger partial charge >= 0.3 is 5.97 Å². The molecule has 238 valence electrons. The van der Waals surface area contributed by atoms with Gasteiger partial charge in [0.15, 0.2) is 0 Å². The van der Waals surface area contributed by atoms with E-state index in [-0.39, 0.29) is 25.2 Å². The summed E-state index contributed by atoms with van der Waals surface area (Å²) in [6.45, 7) is 1.14. The van der Waals surface area contributed by atoms with E-state index in [0.717, 1.165) is 45.9 Å². The number of carbonyl (C=O) groups excluding carboxylic acids is 3. The van der Waals surface area contributed by atoms with Gasteiger partial charge in [0.1, 0.15) is 18.1 Å². The molecule has 4 aromatic rings. The van der Waals surface area contributed by atoms with Crippen LogP contribution < -0.4 is 27.0 Å². The maximum Gasteiger partial charge on any atom is 0.326 e. The number of unbranched alkanes of at least 4 members (excludes halogenated alkanes) is 1. The normalized spacial score (nSPS) is 16.7. The van der Waals surface area contributed by atoms with Gasteiger partial charge in [-0.25, -0.2) is 4.79 Å². The third kappa shape index (κ3) is 7.89. The van der Waals surface area contributed by atoms with Crippen molar-refractivity contribution in [1.29, 1.82) is 0 Å². The molecule has 2 aromatic heterocycles. The minimum atomic E-state index is -1.22. The van der Waals surface area contributed by atoms with Gasteiger partial charge < -0.3 is 42.1 Å². The van der Waals surface area contributed by atoms with Crippen molar-refractivity contribution >= 4 is 45.5 Å². The second-order valence-corrected chi connectivity index (χ2v) is 11.6. The van der Waals surface area contributed by atoms with Gasteiger partial charge in [-0.15, -0.1) is 0 Å². The molecule has 1 aliphatic rings. The van der Waals surface area contributed by atoms with Crippen molar-refractivity contribution in [1.82, 2.24) is 31.2 Å². The number of aromatic amines is 2. The van der Waals surface area contributed by atoms with Crippen molar-refractivity contribution in [2.24, 2.45) is 5.73 Å². The van der Waals surface area contributed by atoms with Crippen LogP contribution in [0.3, 0.4) is 0 Å². The molecule has 0 bridgehead atoms. The molecule has 45 heavy (non-hydrogen) atoms. The van der Waals surface area contributed by atoms with Gasteiger partial charge in [-0.2, -0.15) is 0 Å². The van der Waals surface area contributed by atoms with E-state index in [1.165, 1.54) is 0 Å². The molecule has 12 nitrogen and oxygen atoms in total. The zero-order valence-electron chi connectivity index (χ0n) is 25.1. The van der Waals surface area contributed by atoms with Gasteiger partial charge in [0.2, 0.25) is 17.7 Å². The molecule has 0 aliphatic carbocycles. The Labute approximate surface area is 260 Å². The average Bonchev–Trinajstić information content (AvgIpc) is 3.81. The number of nitrogens with one attached hydrogen (secondary N) is 6. The van der Waals surface area contributed by atoms with E-state index in [1.54, 1.807) is 6.20 Å². The predicted octanol–water partition coefficient (Wildman–Crippen LogP) is 1.85. The molecule has 5 rings (SSSR count). The van der Waals surface area contributed by atoms with Crippen LogP contribution >= 0.6 is 0 Å². The Bertz CT molecular complexity index is 1640. The molecule has 1 saturated heterocycles. The SMILES string of the molecule is NCCCCC(NC(=O)C(Cc1c[nH]c2ccccc12)NC(=O)C1CCCN1)C(=O)NC(Cc1c[nH]c2ccccc12)C(=O)O. The Kier molecular flexibility index (Phi) is 10.5. The minimum absolute atomic E-state index is 0.0577. The summed E-state index contributed by atoms with van der Waals surface area (Å²) in [6.07, 6.45) is 6.77. The van der Waals surface area contributed by atoms with Gasteiger partial charge in [0.05, 0.1) is 6.04 Å². The number of nitrogens with two attached hydrogens (primary N) is 1. The number of aromatic nitrogens is 2. The number of amides is 3. The highest BCUT2D eigenvalue weighted by molar-refractivity contribution is 5.95. The molecule has 2 aromatic carbocycles. The summed E-state index contributed by atoms with van der Waals surface area (Å²) in [5, 5.41) is 23.3. The molecule has 3 amide bonds. The molecule has 0 radical (unpaired) electrons. The lowest BCUT2D eigenvalue weighted by atomic mass is 10.0. The van der Waals surface area contributed by atoms with Crippen LogP contribution in [0.4, 0.5) is 0 Å². The van der Waals surface area contributed by atoms with Crippen molar-refractivity contribution in [2.75, 3.05) is 13.1 Å². The highest BCUT2D eigenvalue weighted by Crippen LogP contribution is 2.21. The van der Waals surface area contributed by atoms with Crippen LogP contribution in [-0.2, 0) is 32.0 Å². The van der Waals surface area contributed by atoms with E-state index in [4.69, 9.17) is 5.73 Å². The molecule has 3 heterocycles. The summed E-state index contributed by atoms with van der Waals surface area (Å²) in [5.41, 5.74) is 9.07. The number of carboxylic acids is 1. The zero-order chi connectivity index (χ0) is 31.8. The maximum atomic E-state index is 13.8. The number of benzene rings is 2. The fraction of sp³-hybridized carbons (Fsp3) is 0.394. The van der Waals surface area contributed by atoms with Crippen molar-refractivity contribution in [2.45, 2.75) is 69.1 Å². The van der Waals surface area contributed by atoms with Gasteiger partial charge in [-0.05, 0) is 68.5 Å². The Hall–Kier alpha value is -4.68. The summed E-state index contributed by atoms with van der Waals surface area (Å²) in [6, 6.07) is 11.6. The molecule has 4 atom stereocenters. The Morgan fingerprint density at radius 2 is 1.38 bits per heavy atom. The summed E-state index contributed by atoms with van der Waals surface area (Å²) in [7, 11) is 0. The van der Waals surface area contributed by atoms with Crippen LogP contribution in [0.1, 0.15) is 43.2 Å². The van der Waals surface area contributed by atoms with Gasteiger partial charge in [-0.1, -0.05) is 36.4 Å². The first-order valence-electron chi connectivity index (χ1n) is 15.5. The minimum Gasteiger partial charge on any atom is -0.480 e. The first-order chi connectivity index (χ1) is 21.8. The Balaban J connectivity index is 1.33. The Morgan fingerprint density at radius 1 is 0.800 bits per heavy atom. The fourth-order valence-corrected chi connectivity index (χ4v) is 5.94. The largest absolute Gasteiger partial charge is 0.480 e. The fourth-order valence-electron chi connectivity index (χ4n) is 5.94. The summed E-state index contributed by atoms with van der Waals surface area (Å²) in [4.78, 5) is 59.2. The van der Waals surface area contributed by atoms with E-state index in [9.17, 15) is 24.3 Å². The number of fused-ring (bicyclic) bond motifs is 2. The van der Waals surface area contributed by atoms with Crippen LogP contribution in [0.5, 0.6) is 0 Å². The number of aliphatic carboxylic acids is 1. The van der Waals surface area contributed by atoms with Crippen LogP contribution in [0.15, 0.2) is 60.9 Å². The van der Waals surface area contributed by atoms with E-state index >= 15 is 0 Å². The molecule has 1 fully saturated rings. The highest BCUT2D eigenvalue weighted by atomic mass is 16.4. The van der Waals surface area contributed by atoms with E-state index < -0.39 is 42.0 Å².